The van der Waals surface area contributed by atoms with Crippen LogP contribution in [0.4, 0.5) is 0 Å². The van der Waals surface area contributed by atoms with E-state index in [9.17, 15) is 9.59 Å². The number of carbonyl (C=O) groups excluding carboxylic acids is 2. The normalized spacial score (nSPS) is 12.6. The zero-order valence-corrected chi connectivity index (χ0v) is 41.4. The number of unbranched alkanes of at least 4 members (excludes halogenated alkanes) is 28. The molecular formula is C57H102O5. The fraction of sp³-hybridized carbons (Fsp3) is 0.789. The predicted molar refractivity (Wildman–Crippen MR) is 270 cm³/mol. The molecule has 0 N–H and O–H groups in total. The monoisotopic (exact) mass is 867 g/mol. The van der Waals surface area contributed by atoms with E-state index in [0.29, 0.717) is 19.4 Å². The Bertz CT molecular complexity index is 1070. The zero-order valence-electron chi connectivity index (χ0n) is 41.4. The van der Waals surface area contributed by atoms with Crippen molar-refractivity contribution >= 4 is 11.9 Å². The molecular weight excluding hydrogens is 765 g/mol. The Morgan fingerprint density at radius 1 is 0.355 bits per heavy atom. The fourth-order valence-corrected chi connectivity index (χ4v) is 7.50. The molecule has 62 heavy (non-hydrogen) atoms. The van der Waals surface area contributed by atoms with Gasteiger partial charge >= 0.3 is 11.9 Å². The van der Waals surface area contributed by atoms with E-state index in [1.807, 2.05) is 0 Å². The number of carbonyl (C=O) groups is 2. The lowest BCUT2D eigenvalue weighted by molar-refractivity contribution is -0.162. The van der Waals surface area contributed by atoms with Gasteiger partial charge in [-0.15, -0.1) is 0 Å². The van der Waals surface area contributed by atoms with Gasteiger partial charge in [-0.2, -0.15) is 0 Å². The first-order valence-corrected chi connectivity index (χ1v) is 26.8. The lowest BCUT2D eigenvalue weighted by atomic mass is 10.0. The standard InChI is InChI=1S/C57H102O5/c1-4-7-10-13-16-19-22-25-27-29-30-33-36-39-42-45-48-51-57(59)62-55(54-61-56(58)50-47-44-41-38-35-32-24-21-18-15-12-9-6-3)53-60-52-49-46-43-40-37-34-31-28-26-23-20-17-14-11-8-5-2/h16,19,21,24-25,27,30,33,39,42,55H,4-15,17-18,20,22-23,26,28-29,31-32,34-38,40-41,43-54H2,1-3H3/b19-16-,24-21-,27-25-,33-30-,42-39-/t55-/m1/s1. The van der Waals surface area contributed by atoms with Gasteiger partial charge in [-0.3, -0.25) is 9.59 Å². The Morgan fingerprint density at radius 2 is 0.694 bits per heavy atom. The number of hydrogen-bond acceptors (Lipinski definition) is 5. The zero-order chi connectivity index (χ0) is 44.9. The summed E-state index contributed by atoms with van der Waals surface area (Å²) in [5.74, 6) is -0.463. The van der Waals surface area contributed by atoms with Crippen molar-refractivity contribution in [2.75, 3.05) is 19.8 Å². The summed E-state index contributed by atoms with van der Waals surface area (Å²) in [6, 6.07) is 0. The molecule has 0 unspecified atom stereocenters. The topological polar surface area (TPSA) is 61.8 Å². The SMILES string of the molecule is CCCCC/C=C\C/C=C\C/C=C\C/C=C\CCCC(=O)O[C@H](COCCCCCCCCCCCCCCCCCC)COC(=O)CCCCCCC/C=C\CCCCCC. The van der Waals surface area contributed by atoms with Gasteiger partial charge in [-0.25, -0.2) is 0 Å². The highest BCUT2D eigenvalue weighted by Crippen LogP contribution is 2.15. The predicted octanol–water partition coefficient (Wildman–Crippen LogP) is 18.1. The second kappa shape index (κ2) is 52.9. The number of rotatable bonds is 49. The third-order valence-corrected chi connectivity index (χ3v) is 11.5. The number of esters is 2. The van der Waals surface area contributed by atoms with Crippen molar-refractivity contribution < 1.29 is 23.8 Å². The van der Waals surface area contributed by atoms with Gasteiger partial charge in [0.2, 0.25) is 0 Å². The minimum Gasteiger partial charge on any atom is -0.462 e. The molecule has 0 aromatic rings. The summed E-state index contributed by atoms with van der Waals surface area (Å²) in [6.45, 7) is 7.75. The fourth-order valence-electron chi connectivity index (χ4n) is 7.50. The lowest BCUT2D eigenvalue weighted by Crippen LogP contribution is -2.30. The van der Waals surface area contributed by atoms with E-state index in [2.05, 4.69) is 81.5 Å². The molecule has 0 heterocycles. The van der Waals surface area contributed by atoms with Crippen LogP contribution in [-0.4, -0.2) is 37.9 Å². The van der Waals surface area contributed by atoms with Gasteiger partial charge in [0.05, 0.1) is 6.61 Å². The molecule has 0 saturated carbocycles. The molecule has 0 spiro atoms. The van der Waals surface area contributed by atoms with Crippen LogP contribution in [0.3, 0.4) is 0 Å². The van der Waals surface area contributed by atoms with Gasteiger partial charge in [-0.05, 0) is 83.5 Å². The van der Waals surface area contributed by atoms with Crippen LogP contribution in [0.5, 0.6) is 0 Å². The van der Waals surface area contributed by atoms with E-state index in [1.165, 1.54) is 161 Å². The van der Waals surface area contributed by atoms with Gasteiger partial charge < -0.3 is 14.2 Å². The summed E-state index contributed by atoms with van der Waals surface area (Å²) in [5.41, 5.74) is 0. The Labute approximate surface area is 385 Å². The van der Waals surface area contributed by atoms with Crippen LogP contribution in [-0.2, 0) is 23.8 Å². The van der Waals surface area contributed by atoms with Crippen LogP contribution in [0, 0.1) is 0 Å². The van der Waals surface area contributed by atoms with Crippen LogP contribution in [0.15, 0.2) is 60.8 Å². The highest BCUT2D eigenvalue weighted by molar-refractivity contribution is 5.70. The first-order chi connectivity index (χ1) is 30.6. The van der Waals surface area contributed by atoms with Crippen molar-refractivity contribution in [3.05, 3.63) is 60.8 Å². The van der Waals surface area contributed by atoms with Gasteiger partial charge in [0.25, 0.3) is 0 Å². The molecule has 0 amide bonds. The smallest absolute Gasteiger partial charge is 0.306 e. The minimum atomic E-state index is -0.566. The van der Waals surface area contributed by atoms with Crippen molar-refractivity contribution in [3.63, 3.8) is 0 Å². The Morgan fingerprint density at radius 3 is 1.19 bits per heavy atom. The molecule has 0 rings (SSSR count). The summed E-state index contributed by atoms with van der Waals surface area (Å²) in [7, 11) is 0. The maximum atomic E-state index is 12.8. The molecule has 0 radical (unpaired) electrons. The highest BCUT2D eigenvalue weighted by Gasteiger charge is 2.17. The van der Waals surface area contributed by atoms with Crippen LogP contribution in [0.1, 0.15) is 265 Å². The number of ether oxygens (including phenoxy) is 3. The molecule has 0 aliphatic heterocycles. The minimum absolute atomic E-state index is 0.0610. The molecule has 0 fully saturated rings. The second-order valence-electron chi connectivity index (χ2n) is 17.8. The van der Waals surface area contributed by atoms with Gasteiger partial charge in [-0.1, -0.05) is 229 Å². The van der Waals surface area contributed by atoms with Gasteiger partial charge in [0.1, 0.15) is 6.61 Å². The Kier molecular flexibility index (Phi) is 50.9. The molecule has 360 valence electrons. The Hall–Kier alpha value is -2.40. The molecule has 5 heteroatoms. The van der Waals surface area contributed by atoms with Crippen LogP contribution < -0.4 is 0 Å². The highest BCUT2D eigenvalue weighted by atomic mass is 16.6. The molecule has 0 bridgehead atoms. The van der Waals surface area contributed by atoms with Crippen LogP contribution >= 0.6 is 0 Å². The lowest BCUT2D eigenvalue weighted by Gasteiger charge is -2.18. The van der Waals surface area contributed by atoms with E-state index >= 15 is 0 Å². The molecule has 0 saturated heterocycles. The Balaban J connectivity index is 4.35. The van der Waals surface area contributed by atoms with Crippen molar-refractivity contribution in [2.45, 2.75) is 271 Å². The largest absolute Gasteiger partial charge is 0.462 e. The summed E-state index contributed by atoms with van der Waals surface area (Å²) in [4.78, 5) is 25.4. The van der Waals surface area contributed by atoms with Crippen molar-refractivity contribution in [3.8, 4) is 0 Å². The summed E-state index contributed by atoms with van der Waals surface area (Å²) in [6.07, 6.45) is 66.6. The van der Waals surface area contributed by atoms with Crippen LogP contribution in [0.25, 0.3) is 0 Å². The maximum absolute atomic E-state index is 12.8. The van der Waals surface area contributed by atoms with Gasteiger partial charge in [0.15, 0.2) is 6.10 Å². The summed E-state index contributed by atoms with van der Waals surface area (Å²) >= 11 is 0. The molecule has 5 nitrogen and oxygen atoms in total. The van der Waals surface area contributed by atoms with Gasteiger partial charge in [0, 0.05) is 19.4 Å². The molecule has 0 aromatic carbocycles. The average Bonchev–Trinajstić information content (AvgIpc) is 3.27. The first kappa shape index (κ1) is 59.6. The molecule has 0 aliphatic carbocycles. The summed E-state index contributed by atoms with van der Waals surface area (Å²) in [5, 5.41) is 0. The molecule has 1 atom stereocenters. The third kappa shape index (κ3) is 50.2. The molecule has 0 aromatic heterocycles. The number of allylic oxidation sites excluding steroid dienone is 10. The quantitative estimate of drug-likeness (QED) is 0.0346. The van der Waals surface area contributed by atoms with E-state index in [-0.39, 0.29) is 25.2 Å². The summed E-state index contributed by atoms with van der Waals surface area (Å²) < 4.78 is 17.4. The van der Waals surface area contributed by atoms with Crippen molar-refractivity contribution in [2.24, 2.45) is 0 Å². The van der Waals surface area contributed by atoms with Crippen molar-refractivity contribution in [1.82, 2.24) is 0 Å². The van der Waals surface area contributed by atoms with E-state index in [0.717, 1.165) is 70.6 Å². The average molecular weight is 867 g/mol. The number of hydrogen-bond donors (Lipinski definition) is 0. The first-order valence-electron chi connectivity index (χ1n) is 26.8. The van der Waals surface area contributed by atoms with E-state index in [4.69, 9.17) is 14.2 Å². The second-order valence-corrected chi connectivity index (χ2v) is 17.8. The third-order valence-electron chi connectivity index (χ3n) is 11.5. The molecule has 0 aliphatic rings. The van der Waals surface area contributed by atoms with Crippen molar-refractivity contribution in [1.29, 1.82) is 0 Å². The van der Waals surface area contributed by atoms with Crippen LogP contribution in [0.2, 0.25) is 0 Å². The maximum Gasteiger partial charge on any atom is 0.306 e. The van der Waals surface area contributed by atoms with E-state index in [1.54, 1.807) is 0 Å². The van der Waals surface area contributed by atoms with E-state index < -0.39 is 6.10 Å².